The molecule has 1 fully saturated rings. The van der Waals surface area contributed by atoms with E-state index in [1.54, 1.807) is 0 Å². The first-order chi connectivity index (χ1) is 11.6. The van der Waals surface area contributed by atoms with Crippen LogP contribution in [0.4, 0.5) is 4.79 Å². The predicted octanol–water partition coefficient (Wildman–Crippen LogP) is 2.85. The van der Waals surface area contributed by atoms with Crippen molar-refractivity contribution in [3.05, 3.63) is 29.8 Å². The quantitative estimate of drug-likeness (QED) is 0.725. The van der Waals surface area contributed by atoms with Crippen molar-refractivity contribution >= 4 is 11.9 Å². The summed E-state index contributed by atoms with van der Waals surface area (Å²) in [4.78, 5) is 23.6. The molecule has 1 aromatic carbocycles. The van der Waals surface area contributed by atoms with Crippen molar-refractivity contribution in [1.82, 2.24) is 16.2 Å². The van der Waals surface area contributed by atoms with Gasteiger partial charge in [0.15, 0.2) is 6.61 Å². The van der Waals surface area contributed by atoms with Gasteiger partial charge in [-0.25, -0.2) is 10.2 Å². The van der Waals surface area contributed by atoms with Gasteiger partial charge in [0.05, 0.1) is 0 Å². The maximum Gasteiger partial charge on any atom is 0.333 e. The van der Waals surface area contributed by atoms with E-state index in [1.165, 1.54) is 6.42 Å². The molecule has 0 atom stereocenters. The average Bonchev–Trinajstić information content (AvgIpc) is 2.59. The fourth-order valence-electron chi connectivity index (χ4n) is 2.86. The number of hydrogen-bond acceptors (Lipinski definition) is 3. The van der Waals surface area contributed by atoms with Crippen molar-refractivity contribution < 1.29 is 14.3 Å². The molecule has 1 aliphatic carbocycles. The zero-order chi connectivity index (χ0) is 17.4. The van der Waals surface area contributed by atoms with Crippen LogP contribution in [0.3, 0.4) is 0 Å². The van der Waals surface area contributed by atoms with Crippen LogP contribution >= 0.6 is 0 Å². The molecule has 0 unspecified atom stereocenters. The minimum Gasteiger partial charge on any atom is -0.483 e. The molecule has 1 aromatic rings. The SMILES string of the molecule is CC(C)c1ccccc1OCC(=O)NNC(=O)NC1CCCCC1. The minimum absolute atomic E-state index is 0.145. The second-order valence-corrected chi connectivity index (χ2v) is 6.46. The van der Waals surface area contributed by atoms with Gasteiger partial charge in [0.2, 0.25) is 0 Å². The molecule has 1 saturated carbocycles. The molecule has 0 bridgehead atoms. The molecule has 6 nitrogen and oxygen atoms in total. The Bertz CT molecular complexity index is 554. The molecular weight excluding hydrogens is 306 g/mol. The number of carbonyl (C=O) groups is 2. The average molecular weight is 333 g/mol. The molecule has 0 radical (unpaired) electrons. The van der Waals surface area contributed by atoms with Crippen molar-refractivity contribution in [2.45, 2.75) is 57.9 Å². The number of para-hydroxylation sites is 1. The third-order valence-electron chi connectivity index (χ3n) is 4.16. The van der Waals surface area contributed by atoms with Crippen LogP contribution in [-0.2, 0) is 4.79 Å². The van der Waals surface area contributed by atoms with Crippen LogP contribution in [0.5, 0.6) is 5.75 Å². The molecule has 1 aliphatic rings. The molecule has 132 valence electrons. The Morgan fingerprint density at radius 1 is 1.12 bits per heavy atom. The molecule has 0 aromatic heterocycles. The Balaban J connectivity index is 1.70. The lowest BCUT2D eigenvalue weighted by Crippen LogP contribution is -2.51. The summed E-state index contributed by atoms with van der Waals surface area (Å²) < 4.78 is 5.56. The summed E-state index contributed by atoms with van der Waals surface area (Å²) in [5.74, 6) is 0.602. The Hall–Kier alpha value is -2.24. The summed E-state index contributed by atoms with van der Waals surface area (Å²) in [6.45, 7) is 3.99. The van der Waals surface area contributed by atoms with Crippen molar-refractivity contribution in [3.8, 4) is 5.75 Å². The van der Waals surface area contributed by atoms with Crippen molar-refractivity contribution in [3.63, 3.8) is 0 Å². The summed E-state index contributed by atoms with van der Waals surface area (Å²) in [6, 6.07) is 7.45. The Labute approximate surface area is 143 Å². The zero-order valence-corrected chi connectivity index (χ0v) is 14.4. The fraction of sp³-hybridized carbons (Fsp3) is 0.556. The van der Waals surface area contributed by atoms with E-state index in [2.05, 4.69) is 30.0 Å². The van der Waals surface area contributed by atoms with Crippen LogP contribution in [0.25, 0.3) is 0 Å². The topological polar surface area (TPSA) is 79.5 Å². The molecule has 0 aliphatic heterocycles. The zero-order valence-electron chi connectivity index (χ0n) is 14.4. The molecular formula is C18H27N3O3. The molecule has 2 rings (SSSR count). The highest BCUT2D eigenvalue weighted by atomic mass is 16.5. The number of rotatable bonds is 5. The lowest BCUT2D eigenvalue weighted by Gasteiger charge is -2.22. The molecule has 24 heavy (non-hydrogen) atoms. The lowest BCUT2D eigenvalue weighted by atomic mass is 9.96. The van der Waals surface area contributed by atoms with E-state index in [1.807, 2.05) is 24.3 Å². The van der Waals surface area contributed by atoms with Crippen LogP contribution < -0.4 is 20.9 Å². The second-order valence-electron chi connectivity index (χ2n) is 6.46. The van der Waals surface area contributed by atoms with Gasteiger partial charge in [-0.3, -0.25) is 10.2 Å². The van der Waals surface area contributed by atoms with Crippen LogP contribution in [0.1, 0.15) is 57.4 Å². The van der Waals surface area contributed by atoms with Gasteiger partial charge in [0, 0.05) is 6.04 Å². The maximum absolute atomic E-state index is 11.8. The Morgan fingerprint density at radius 2 is 1.83 bits per heavy atom. The first-order valence-corrected chi connectivity index (χ1v) is 8.63. The number of carbonyl (C=O) groups excluding carboxylic acids is 2. The number of amides is 3. The number of nitrogens with one attached hydrogen (secondary N) is 3. The lowest BCUT2D eigenvalue weighted by molar-refractivity contribution is -0.123. The Morgan fingerprint density at radius 3 is 2.54 bits per heavy atom. The third kappa shape index (κ3) is 5.76. The highest BCUT2D eigenvalue weighted by Gasteiger charge is 2.16. The highest BCUT2D eigenvalue weighted by molar-refractivity contribution is 5.82. The third-order valence-corrected chi connectivity index (χ3v) is 4.16. The van der Waals surface area contributed by atoms with Crippen molar-refractivity contribution in [2.24, 2.45) is 0 Å². The maximum atomic E-state index is 11.8. The number of urea groups is 1. The van der Waals surface area contributed by atoms with Crippen LogP contribution in [0.15, 0.2) is 24.3 Å². The van der Waals surface area contributed by atoms with Gasteiger partial charge >= 0.3 is 6.03 Å². The van der Waals surface area contributed by atoms with Crippen molar-refractivity contribution in [2.75, 3.05) is 6.61 Å². The molecule has 3 N–H and O–H groups in total. The molecule has 3 amide bonds. The van der Waals surface area contributed by atoms with E-state index in [0.717, 1.165) is 31.2 Å². The normalized spacial score (nSPS) is 15.0. The summed E-state index contributed by atoms with van der Waals surface area (Å²) >= 11 is 0. The molecule has 0 saturated heterocycles. The summed E-state index contributed by atoms with van der Waals surface area (Å²) in [7, 11) is 0. The standard InChI is InChI=1S/C18H27N3O3/c1-13(2)15-10-6-7-11-16(15)24-12-17(22)20-21-18(23)19-14-8-4-3-5-9-14/h6-7,10-11,13-14H,3-5,8-9,12H2,1-2H3,(H,20,22)(H2,19,21,23). The van der Waals surface area contributed by atoms with Gasteiger partial charge in [-0.15, -0.1) is 0 Å². The molecule has 6 heteroatoms. The number of hydrogen-bond donors (Lipinski definition) is 3. The van der Waals surface area contributed by atoms with Crippen molar-refractivity contribution in [1.29, 1.82) is 0 Å². The summed E-state index contributed by atoms with van der Waals surface area (Å²) in [5.41, 5.74) is 5.79. The van der Waals surface area contributed by atoms with Crippen LogP contribution in [0, 0.1) is 0 Å². The van der Waals surface area contributed by atoms with Gasteiger partial charge in [0.1, 0.15) is 5.75 Å². The Kier molecular flexibility index (Phi) is 6.90. The molecule has 0 spiro atoms. The van der Waals surface area contributed by atoms with E-state index < -0.39 is 5.91 Å². The van der Waals surface area contributed by atoms with Crippen LogP contribution in [0.2, 0.25) is 0 Å². The van der Waals surface area contributed by atoms with Gasteiger partial charge in [-0.2, -0.15) is 0 Å². The van der Waals surface area contributed by atoms with E-state index in [0.29, 0.717) is 11.7 Å². The number of hydrazine groups is 1. The monoisotopic (exact) mass is 333 g/mol. The minimum atomic E-state index is -0.396. The summed E-state index contributed by atoms with van der Waals surface area (Å²) in [5, 5.41) is 2.87. The van der Waals surface area contributed by atoms with Gasteiger partial charge in [0.25, 0.3) is 5.91 Å². The van der Waals surface area contributed by atoms with E-state index >= 15 is 0 Å². The first kappa shape index (κ1) is 18.1. The van der Waals surface area contributed by atoms with Gasteiger partial charge < -0.3 is 10.1 Å². The fourth-order valence-corrected chi connectivity index (χ4v) is 2.86. The van der Waals surface area contributed by atoms with E-state index in [-0.39, 0.29) is 18.7 Å². The largest absolute Gasteiger partial charge is 0.483 e. The molecule has 0 heterocycles. The number of benzene rings is 1. The highest BCUT2D eigenvalue weighted by Crippen LogP contribution is 2.25. The second kappa shape index (κ2) is 9.15. The van der Waals surface area contributed by atoms with Gasteiger partial charge in [-0.05, 0) is 30.4 Å². The first-order valence-electron chi connectivity index (χ1n) is 8.63. The van der Waals surface area contributed by atoms with Gasteiger partial charge in [-0.1, -0.05) is 51.3 Å². The van der Waals surface area contributed by atoms with Crippen LogP contribution in [-0.4, -0.2) is 24.6 Å². The predicted molar refractivity (Wildman–Crippen MR) is 92.7 cm³/mol. The van der Waals surface area contributed by atoms with E-state index in [4.69, 9.17) is 4.74 Å². The summed E-state index contributed by atoms with van der Waals surface area (Å²) in [6.07, 6.45) is 5.50. The smallest absolute Gasteiger partial charge is 0.333 e. The van der Waals surface area contributed by atoms with E-state index in [9.17, 15) is 9.59 Å². The number of ether oxygens (including phenoxy) is 1.